The van der Waals surface area contributed by atoms with Crippen LogP contribution in [0.3, 0.4) is 0 Å². The Balaban J connectivity index is 0.000000324. The minimum Gasteiger partial charge on any atom is -0.467 e. The normalized spacial score (nSPS) is 12.5. The zero-order valence-electron chi connectivity index (χ0n) is 53.0. The molecule has 1 saturated heterocycles. The van der Waals surface area contributed by atoms with Crippen molar-refractivity contribution in [1.29, 1.82) is 5.26 Å². The molecule has 0 spiro atoms. The van der Waals surface area contributed by atoms with Crippen molar-refractivity contribution in [2.75, 3.05) is 25.1 Å². The van der Waals surface area contributed by atoms with Crippen molar-refractivity contribution < 1.29 is 9.13 Å². The highest BCUT2D eigenvalue weighted by Crippen LogP contribution is 2.25. The molecule has 0 radical (unpaired) electrons. The van der Waals surface area contributed by atoms with E-state index in [1.807, 2.05) is 77.0 Å². The predicted octanol–water partition coefficient (Wildman–Crippen LogP) is 13.3. The highest BCUT2D eigenvalue weighted by atomic mass is 19.1. The monoisotopic (exact) mass is 1110 g/mol. The fourth-order valence-electron chi connectivity index (χ4n) is 6.22. The van der Waals surface area contributed by atoms with Gasteiger partial charge in [0.05, 0.1) is 7.11 Å². The summed E-state index contributed by atoms with van der Waals surface area (Å²) in [5.74, 6) is 2.84. The first-order valence-corrected chi connectivity index (χ1v) is 27.3. The number of rotatable bonds is 2. The van der Waals surface area contributed by atoms with Crippen LogP contribution in [0.5, 0.6) is 6.01 Å². The van der Waals surface area contributed by atoms with Gasteiger partial charge in [0.1, 0.15) is 24.0 Å². The van der Waals surface area contributed by atoms with Crippen molar-refractivity contribution in [3.05, 3.63) is 156 Å². The molecule has 0 bridgehead atoms. The molecule has 17 nitrogen and oxygen atoms in total. The molecule has 0 atom stereocenters. The van der Waals surface area contributed by atoms with E-state index >= 15 is 0 Å². The van der Waals surface area contributed by atoms with E-state index < -0.39 is 6.08 Å². The predicted molar refractivity (Wildman–Crippen MR) is 323 cm³/mol. The summed E-state index contributed by atoms with van der Waals surface area (Å²) >= 11 is 0. The van der Waals surface area contributed by atoms with E-state index in [-0.39, 0.29) is 43.7 Å². The van der Waals surface area contributed by atoms with Crippen LogP contribution in [-0.2, 0) is 37.9 Å². The van der Waals surface area contributed by atoms with Crippen molar-refractivity contribution in [2.45, 2.75) is 203 Å². The summed E-state index contributed by atoms with van der Waals surface area (Å²) in [6.45, 7) is 48.6. The third-order valence-corrected chi connectivity index (χ3v) is 12.0. The Morgan fingerprint density at radius 3 is 1.06 bits per heavy atom. The van der Waals surface area contributed by atoms with Gasteiger partial charge in [0, 0.05) is 105 Å². The van der Waals surface area contributed by atoms with Gasteiger partial charge in [-0.15, -0.1) is 0 Å². The van der Waals surface area contributed by atoms with Crippen LogP contribution in [0.25, 0.3) is 0 Å². The van der Waals surface area contributed by atoms with E-state index in [1.54, 1.807) is 50.6 Å². The Morgan fingerprint density at radius 1 is 0.432 bits per heavy atom. The molecule has 0 N–H and O–H groups in total. The van der Waals surface area contributed by atoms with Gasteiger partial charge in [-0.2, -0.15) is 9.65 Å². The van der Waals surface area contributed by atoms with Crippen molar-refractivity contribution >= 4 is 5.95 Å². The molecule has 1 fully saturated rings. The molecule has 8 heterocycles. The lowest BCUT2D eigenvalue weighted by atomic mass is 9.89. The minimum absolute atomic E-state index is 0.00625. The first-order valence-electron chi connectivity index (χ1n) is 27.3. The average Bonchev–Trinajstić information content (AvgIpc) is 3.95. The maximum Gasteiger partial charge on any atom is 0.316 e. The Kier molecular flexibility index (Phi) is 26.6. The third-order valence-electron chi connectivity index (χ3n) is 12.0. The number of methoxy groups -OCH3 is 1. The number of nitriles is 1. The molecule has 81 heavy (non-hydrogen) atoms. The van der Waals surface area contributed by atoms with Crippen LogP contribution in [0, 0.1) is 24.3 Å². The Bertz CT molecular complexity index is 2760. The largest absolute Gasteiger partial charge is 0.467 e. The number of ether oxygens (including phenoxy) is 1. The molecule has 0 amide bonds. The number of aryl methyl sites for hydroxylation is 1. The van der Waals surface area contributed by atoms with Crippen LogP contribution < -0.4 is 9.64 Å². The van der Waals surface area contributed by atoms with Crippen LogP contribution in [-0.4, -0.2) is 90.0 Å². The SMILES string of the molecule is CC(C)(C)c1cnc(C#N)nc1.CC(C)(C)c1cnc(F)nc1.CC(C)(C)c1cnc(N2CCCC2)nc1.CC(C)(C)c1cncnc1.CC(C)(C)c1ncccn1.COc1ncc(C(C)(C)C)cn1.Cc1ncc(C(C)(C)C)cn1. The molecule has 1 aliphatic heterocycles. The zero-order valence-corrected chi connectivity index (χ0v) is 53.0. The van der Waals surface area contributed by atoms with Crippen molar-refractivity contribution in [2.24, 2.45) is 0 Å². The summed E-state index contributed by atoms with van der Waals surface area (Å²) in [6.07, 6.45) is 28.4. The standard InChI is InChI=1S/C12H19N3.C9H11N3.C9H14N2O.C9H14N2.C8H11FN2.2C8H12N2/c1-12(2,3)10-8-13-11(14-9-10)15-6-4-5-7-15;1-9(2,3)7-5-11-8(4-10)12-6-7;1-9(2,3)7-5-10-8(12-4)11-6-7;1-7-10-5-8(6-11-7)9(2,3)4;1-8(2,3)6-4-10-7(9)11-5-6;1-8(2,3)7-4-9-6-10-5-7;1-8(2,3)7-9-5-4-6-10-7/h8-9H,4-7H2,1-3H3;5-6H,1-3H3;5-6H,1-4H3;5-6H,1-4H3;4-5H,1-3H3;2*4-6H,1-3H3. The smallest absolute Gasteiger partial charge is 0.316 e. The first-order chi connectivity index (χ1) is 37.4. The van der Waals surface area contributed by atoms with E-state index in [4.69, 9.17) is 10.00 Å². The molecular weight excluding hydrogens is 1020 g/mol. The van der Waals surface area contributed by atoms with Gasteiger partial charge in [-0.1, -0.05) is 145 Å². The van der Waals surface area contributed by atoms with Crippen LogP contribution >= 0.6 is 0 Å². The zero-order chi connectivity index (χ0) is 61.5. The fourth-order valence-corrected chi connectivity index (χ4v) is 6.22. The fraction of sp³-hybridized carbons (Fsp3) is 0.540. The lowest BCUT2D eigenvalue weighted by Crippen LogP contribution is -2.21. The number of aromatic nitrogens is 14. The molecule has 0 aromatic carbocycles. The summed E-state index contributed by atoms with van der Waals surface area (Å²) in [4.78, 5) is 58.3. The lowest BCUT2D eigenvalue weighted by Gasteiger charge is -2.20. The van der Waals surface area contributed by atoms with Gasteiger partial charge >= 0.3 is 12.1 Å². The van der Waals surface area contributed by atoms with Gasteiger partial charge in [0.2, 0.25) is 11.8 Å². The van der Waals surface area contributed by atoms with Crippen LogP contribution in [0.2, 0.25) is 0 Å². The first kappa shape index (κ1) is 69.7. The second-order valence-electron chi connectivity index (χ2n) is 26.5. The Hall–Kier alpha value is -7.42. The number of halogens is 1. The summed E-state index contributed by atoms with van der Waals surface area (Å²) in [6, 6.07) is 4.13. The molecule has 8 rings (SSSR count). The number of hydrogen-bond acceptors (Lipinski definition) is 17. The lowest BCUT2D eigenvalue weighted by molar-refractivity contribution is 0.378. The van der Waals surface area contributed by atoms with E-state index in [0.717, 1.165) is 47.4 Å². The van der Waals surface area contributed by atoms with Gasteiger partial charge in [-0.25, -0.2) is 69.8 Å². The molecule has 438 valence electrons. The minimum atomic E-state index is -0.669. The highest BCUT2D eigenvalue weighted by molar-refractivity contribution is 5.32. The van der Waals surface area contributed by atoms with E-state index in [0.29, 0.717) is 6.01 Å². The average molecular weight is 1110 g/mol. The maximum atomic E-state index is 12.3. The second kappa shape index (κ2) is 31.0. The van der Waals surface area contributed by atoms with Crippen molar-refractivity contribution in [1.82, 2.24) is 69.8 Å². The van der Waals surface area contributed by atoms with E-state index in [9.17, 15) is 4.39 Å². The second-order valence-corrected chi connectivity index (χ2v) is 26.5. The molecule has 7 aromatic rings. The molecular formula is C63H93FN16O. The number of nitrogens with zero attached hydrogens (tertiary/aromatic N) is 16. The van der Waals surface area contributed by atoms with Crippen molar-refractivity contribution in [3.63, 3.8) is 0 Å². The highest BCUT2D eigenvalue weighted by Gasteiger charge is 2.20. The molecule has 7 aromatic heterocycles. The molecule has 0 unspecified atom stereocenters. The topological polar surface area (TPSA) is 217 Å². The van der Waals surface area contributed by atoms with Gasteiger partial charge in [-0.05, 0) is 91.7 Å². The summed E-state index contributed by atoms with van der Waals surface area (Å²) in [5.41, 5.74) is 7.35. The third kappa shape index (κ3) is 27.1. The number of hydrogen-bond donors (Lipinski definition) is 0. The Morgan fingerprint density at radius 2 is 0.753 bits per heavy atom. The van der Waals surface area contributed by atoms with Crippen LogP contribution in [0.4, 0.5) is 10.3 Å². The molecule has 1 aliphatic rings. The molecule has 18 heteroatoms. The molecule has 0 aliphatic carbocycles. The summed E-state index contributed by atoms with van der Waals surface area (Å²) in [7, 11) is 1.56. The van der Waals surface area contributed by atoms with E-state index in [1.165, 1.54) is 41.9 Å². The number of anilines is 1. The van der Waals surface area contributed by atoms with E-state index in [2.05, 4.69) is 199 Å². The van der Waals surface area contributed by atoms with Crippen molar-refractivity contribution in [3.8, 4) is 12.1 Å². The van der Waals surface area contributed by atoms with Gasteiger partial charge in [0.15, 0.2) is 0 Å². The maximum absolute atomic E-state index is 12.3. The summed E-state index contributed by atoms with van der Waals surface area (Å²) < 4.78 is 17.1. The van der Waals surface area contributed by atoms with Crippen LogP contribution in [0.1, 0.15) is 209 Å². The summed E-state index contributed by atoms with van der Waals surface area (Å²) in [5, 5.41) is 8.46. The van der Waals surface area contributed by atoms with Gasteiger partial charge in [-0.3, -0.25) is 0 Å². The quantitative estimate of drug-likeness (QED) is 0.147. The molecule has 0 saturated carbocycles. The van der Waals surface area contributed by atoms with Gasteiger partial charge in [0.25, 0.3) is 0 Å². The van der Waals surface area contributed by atoms with Gasteiger partial charge < -0.3 is 9.64 Å². The van der Waals surface area contributed by atoms with Crippen LogP contribution in [0.15, 0.2) is 99.1 Å². The Labute approximate surface area is 484 Å².